The highest BCUT2D eigenvalue weighted by molar-refractivity contribution is 14.1. The molecule has 0 amide bonds. The average Bonchev–Trinajstić information content (AvgIpc) is 2.87. The van der Waals surface area contributed by atoms with Gasteiger partial charge in [-0.25, -0.2) is 0 Å². The van der Waals surface area contributed by atoms with Gasteiger partial charge in [0.1, 0.15) is 21.1 Å². The quantitative estimate of drug-likeness (QED) is 0.446. The molecular formula is C15H9Cl2F3IN3O. The molecule has 3 rings (SSSR count). The highest BCUT2D eigenvalue weighted by Crippen LogP contribution is 2.39. The van der Waals surface area contributed by atoms with Crippen LogP contribution in [-0.2, 0) is 6.18 Å². The zero-order valence-electron chi connectivity index (χ0n) is 12.5. The molecule has 0 spiro atoms. The Labute approximate surface area is 163 Å². The van der Waals surface area contributed by atoms with E-state index >= 15 is 0 Å². The van der Waals surface area contributed by atoms with Crippen LogP contribution in [0, 0.1) is 3.70 Å². The first-order valence-electron chi connectivity index (χ1n) is 6.89. The van der Waals surface area contributed by atoms with Crippen molar-refractivity contribution in [2.75, 3.05) is 0 Å². The van der Waals surface area contributed by atoms with Gasteiger partial charge in [-0.1, -0.05) is 23.2 Å². The Hall–Kier alpha value is -1.26. The molecule has 0 bridgehead atoms. The molecule has 0 unspecified atom stereocenters. The monoisotopic (exact) mass is 501 g/mol. The van der Waals surface area contributed by atoms with Gasteiger partial charge in [0.15, 0.2) is 0 Å². The van der Waals surface area contributed by atoms with Gasteiger partial charge in [-0.2, -0.15) is 18.3 Å². The van der Waals surface area contributed by atoms with Crippen LogP contribution in [0.15, 0.2) is 24.5 Å². The van der Waals surface area contributed by atoms with E-state index in [4.69, 9.17) is 27.9 Å². The number of rotatable bonds is 3. The molecule has 0 saturated carbocycles. The minimum Gasteiger partial charge on any atom is -0.486 e. The minimum absolute atomic E-state index is 0.0376. The van der Waals surface area contributed by atoms with Crippen molar-refractivity contribution < 1.29 is 17.9 Å². The Bertz CT molecular complexity index is 925. The van der Waals surface area contributed by atoms with Crippen molar-refractivity contribution >= 4 is 56.7 Å². The van der Waals surface area contributed by atoms with Gasteiger partial charge in [0, 0.05) is 23.3 Å². The smallest absolute Gasteiger partial charge is 0.418 e. The number of aromatic nitrogens is 3. The second-order valence-corrected chi connectivity index (χ2v) is 7.07. The van der Waals surface area contributed by atoms with Crippen molar-refractivity contribution in [2.45, 2.75) is 19.2 Å². The van der Waals surface area contributed by atoms with Gasteiger partial charge in [-0.3, -0.25) is 10.1 Å². The van der Waals surface area contributed by atoms with E-state index in [0.717, 1.165) is 6.07 Å². The molecule has 0 aliphatic rings. The van der Waals surface area contributed by atoms with Crippen LogP contribution < -0.4 is 4.74 Å². The maximum absolute atomic E-state index is 13.3. The molecule has 10 heteroatoms. The average molecular weight is 502 g/mol. The summed E-state index contributed by atoms with van der Waals surface area (Å²) in [5.74, 6) is 0.0376. The molecule has 1 atom stereocenters. The molecule has 2 aromatic heterocycles. The number of aromatic amines is 1. The fourth-order valence-corrected chi connectivity index (χ4v) is 3.62. The van der Waals surface area contributed by atoms with E-state index < -0.39 is 17.8 Å². The number of halogens is 6. The molecule has 0 aliphatic heterocycles. The van der Waals surface area contributed by atoms with Crippen LogP contribution in [0.2, 0.25) is 10.0 Å². The standard InChI is InChI=1S/C15H9Cl2F3IN3O/c1-6(12-10(16)4-22-5-11(12)17)25-7-2-8-13(23-24-14(8)21)9(3-7)15(18,19)20/h2-6H,1H3,(H,23,24)/t6-/m1/s1. The van der Waals surface area contributed by atoms with Crippen LogP contribution in [-0.4, -0.2) is 15.2 Å². The lowest BCUT2D eigenvalue weighted by Gasteiger charge is -2.18. The van der Waals surface area contributed by atoms with Crippen molar-refractivity contribution in [2.24, 2.45) is 0 Å². The molecule has 25 heavy (non-hydrogen) atoms. The number of ether oxygens (including phenoxy) is 1. The van der Waals surface area contributed by atoms with Gasteiger partial charge in [-0.05, 0) is 41.6 Å². The molecular weight excluding hydrogens is 493 g/mol. The Morgan fingerprint density at radius 1 is 1.20 bits per heavy atom. The minimum atomic E-state index is -4.56. The molecule has 0 aliphatic carbocycles. The summed E-state index contributed by atoms with van der Waals surface area (Å²) in [4.78, 5) is 3.84. The Morgan fingerprint density at radius 3 is 2.44 bits per heavy atom. The lowest BCUT2D eigenvalue weighted by atomic mass is 10.1. The van der Waals surface area contributed by atoms with Crippen LogP contribution in [0.3, 0.4) is 0 Å². The largest absolute Gasteiger partial charge is 0.486 e. The number of hydrogen-bond acceptors (Lipinski definition) is 3. The number of hydrogen-bond donors (Lipinski definition) is 1. The van der Waals surface area contributed by atoms with Gasteiger partial charge in [0.2, 0.25) is 0 Å². The number of pyridine rings is 1. The van der Waals surface area contributed by atoms with Crippen LogP contribution in [0.4, 0.5) is 13.2 Å². The third kappa shape index (κ3) is 3.65. The van der Waals surface area contributed by atoms with E-state index in [1.807, 2.05) is 22.6 Å². The van der Waals surface area contributed by atoms with Crippen LogP contribution in [0.5, 0.6) is 5.75 Å². The van der Waals surface area contributed by atoms with E-state index in [1.54, 1.807) is 6.92 Å². The Balaban J connectivity index is 2.06. The second kappa shape index (κ2) is 6.81. The van der Waals surface area contributed by atoms with Crippen molar-refractivity contribution in [1.82, 2.24) is 15.2 Å². The number of fused-ring (bicyclic) bond motifs is 1. The summed E-state index contributed by atoms with van der Waals surface area (Å²) in [5.41, 5.74) is -0.580. The van der Waals surface area contributed by atoms with Crippen molar-refractivity contribution in [3.63, 3.8) is 0 Å². The van der Waals surface area contributed by atoms with Gasteiger partial charge >= 0.3 is 6.18 Å². The van der Waals surface area contributed by atoms with Gasteiger partial charge in [0.05, 0.1) is 15.6 Å². The molecule has 1 aromatic carbocycles. The fraction of sp³-hybridized carbons (Fsp3) is 0.200. The van der Waals surface area contributed by atoms with E-state index in [2.05, 4.69) is 15.2 Å². The van der Waals surface area contributed by atoms with Crippen molar-refractivity contribution in [3.05, 3.63) is 49.4 Å². The lowest BCUT2D eigenvalue weighted by Crippen LogP contribution is -2.09. The highest BCUT2D eigenvalue weighted by Gasteiger charge is 2.35. The Morgan fingerprint density at radius 2 is 1.84 bits per heavy atom. The maximum atomic E-state index is 13.3. The SMILES string of the molecule is C[C@@H](Oc1cc(C(F)(F)F)c2n[nH]c(I)c2c1)c1c(Cl)cncc1Cl. The summed E-state index contributed by atoms with van der Waals surface area (Å²) in [6.45, 7) is 1.64. The first-order valence-corrected chi connectivity index (χ1v) is 8.72. The van der Waals surface area contributed by atoms with Gasteiger partial charge in [-0.15, -0.1) is 0 Å². The summed E-state index contributed by atoms with van der Waals surface area (Å²) in [7, 11) is 0. The summed E-state index contributed by atoms with van der Waals surface area (Å²) in [5, 5.41) is 7.15. The summed E-state index contributed by atoms with van der Waals surface area (Å²) in [6.07, 6.45) is -2.45. The topological polar surface area (TPSA) is 50.8 Å². The van der Waals surface area contributed by atoms with E-state index in [9.17, 15) is 13.2 Å². The third-order valence-electron chi connectivity index (χ3n) is 3.50. The molecule has 1 N–H and O–H groups in total. The number of benzene rings is 1. The molecule has 0 saturated heterocycles. The van der Waals surface area contributed by atoms with E-state index in [0.29, 0.717) is 14.7 Å². The Kier molecular flexibility index (Phi) is 5.04. The molecule has 0 fully saturated rings. The first kappa shape index (κ1) is 18.5. The third-order valence-corrected chi connectivity index (χ3v) is 4.93. The van der Waals surface area contributed by atoms with Crippen molar-refractivity contribution in [1.29, 1.82) is 0 Å². The number of alkyl halides is 3. The molecule has 3 aromatic rings. The predicted octanol–water partition coefficient (Wildman–Crippen LogP) is 6.03. The number of nitrogens with one attached hydrogen (secondary N) is 1. The van der Waals surface area contributed by atoms with Crippen LogP contribution in [0.25, 0.3) is 10.9 Å². The van der Waals surface area contributed by atoms with Crippen molar-refractivity contribution in [3.8, 4) is 5.75 Å². The molecule has 2 heterocycles. The van der Waals surface area contributed by atoms with Gasteiger partial charge in [0.25, 0.3) is 0 Å². The zero-order valence-corrected chi connectivity index (χ0v) is 16.1. The first-order chi connectivity index (χ1) is 11.7. The summed E-state index contributed by atoms with van der Waals surface area (Å²) >= 11 is 14.0. The summed E-state index contributed by atoms with van der Waals surface area (Å²) in [6, 6.07) is 2.41. The zero-order chi connectivity index (χ0) is 18.4. The number of H-pyrrole nitrogens is 1. The lowest BCUT2D eigenvalue weighted by molar-refractivity contribution is -0.136. The van der Waals surface area contributed by atoms with E-state index in [-0.39, 0.29) is 21.3 Å². The number of nitrogens with zero attached hydrogens (tertiary/aromatic N) is 2. The summed E-state index contributed by atoms with van der Waals surface area (Å²) < 4.78 is 46.2. The molecule has 4 nitrogen and oxygen atoms in total. The second-order valence-electron chi connectivity index (χ2n) is 5.18. The van der Waals surface area contributed by atoms with Crippen LogP contribution in [0.1, 0.15) is 24.2 Å². The highest BCUT2D eigenvalue weighted by atomic mass is 127. The van der Waals surface area contributed by atoms with Gasteiger partial charge < -0.3 is 4.74 Å². The van der Waals surface area contributed by atoms with E-state index in [1.165, 1.54) is 18.5 Å². The van der Waals surface area contributed by atoms with Crippen LogP contribution >= 0.6 is 45.8 Å². The predicted molar refractivity (Wildman–Crippen MR) is 97.1 cm³/mol. The molecule has 0 radical (unpaired) electrons. The normalized spacial score (nSPS) is 13.2. The molecule has 132 valence electrons. The fourth-order valence-electron chi connectivity index (χ4n) is 2.42. The maximum Gasteiger partial charge on any atom is 0.418 e.